The smallest absolute Gasteiger partial charge is 0.157 e. The summed E-state index contributed by atoms with van der Waals surface area (Å²) in [6, 6.07) is 2.09. The van der Waals surface area contributed by atoms with Crippen LogP contribution in [0.15, 0.2) is 12.4 Å². The predicted molar refractivity (Wildman–Crippen MR) is 115 cm³/mol. The van der Waals surface area contributed by atoms with E-state index in [1.54, 1.807) is 10.9 Å². The molecule has 0 bridgehead atoms. The van der Waals surface area contributed by atoms with Gasteiger partial charge in [-0.25, -0.2) is 0 Å². The molecule has 1 aromatic heterocycles. The quantitative estimate of drug-likeness (QED) is 0.712. The lowest BCUT2D eigenvalue weighted by molar-refractivity contribution is -0.130. The van der Waals surface area contributed by atoms with Crippen molar-refractivity contribution in [2.24, 2.45) is 40.9 Å². The molecule has 5 nitrogen and oxygen atoms in total. The van der Waals surface area contributed by atoms with Crippen LogP contribution in [-0.2, 0) is 11.3 Å². The Morgan fingerprint density at radius 2 is 2.13 bits per heavy atom. The van der Waals surface area contributed by atoms with E-state index >= 15 is 0 Å². The van der Waals surface area contributed by atoms with E-state index in [1.165, 1.54) is 44.7 Å². The first-order chi connectivity index (χ1) is 14.5. The van der Waals surface area contributed by atoms with Gasteiger partial charge in [0, 0.05) is 18.7 Å². The van der Waals surface area contributed by atoms with Gasteiger partial charge in [-0.1, -0.05) is 20.3 Å². The fourth-order valence-corrected chi connectivity index (χ4v) is 7.82. The van der Waals surface area contributed by atoms with Gasteiger partial charge in [0.15, 0.2) is 5.78 Å². The molecule has 3 aliphatic carbocycles. The number of fused-ring (bicyclic) bond motifs is 3. The Morgan fingerprint density at radius 1 is 1.30 bits per heavy atom. The van der Waals surface area contributed by atoms with Gasteiger partial charge in [0.1, 0.15) is 6.07 Å². The summed E-state index contributed by atoms with van der Waals surface area (Å²) in [6.45, 7) is 5.33. The standard InChI is InChI=1S/C25H37N3O2/c1-3-18-6-7-21-20(19(18)5-4-12-29)10-11-25(2)22(21)8-9-23(25)24(30)16-28-15-17(13-26)14-27-28/h14-15,18-23,29H,3-12,16H2,1-2H3/t18?,19?,20-,21?,22+,23-,25?/m1/s1. The third kappa shape index (κ3) is 3.73. The summed E-state index contributed by atoms with van der Waals surface area (Å²) in [5, 5.41) is 22.6. The molecule has 4 unspecified atom stereocenters. The minimum absolute atomic E-state index is 0.115. The molecule has 0 aliphatic heterocycles. The van der Waals surface area contributed by atoms with Crippen LogP contribution in [0.3, 0.4) is 0 Å². The number of carbonyl (C=O) groups is 1. The van der Waals surface area contributed by atoms with Crippen molar-refractivity contribution in [3.05, 3.63) is 18.0 Å². The lowest BCUT2D eigenvalue weighted by atomic mass is 9.50. The van der Waals surface area contributed by atoms with Crippen molar-refractivity contribution in [2.45, 2.75) is 78.2 Å². The van der Waals surface area contributed by atoms with Crippen molar-refractivity contribution < 1.29 is 9.90 Å². The predicted octanol–water partition coefficient (Wildman–Crippen LogP) is 4.59. The molecule has 164 valence electrons. The molecule has 30 heavy (non-hydrogen) atoms. The fourth-order valence-electron chi connectivity index (χ4n) is 7.82. The molecule has 1 heterocycles. The first-order valence-corrected chi connectivity index (χ1v) is 12.1. The fraction of sp³-hybridized carbons (Fsp3) is 0.800. The highest BCUT2D eigenvalue weighted by Crippen LogP contribution is 2.63. The van der Waals surface area contributed by atoms with Gasteiger partial charge >= 0.3 is 0 Å². The summed E-state index contributed by atoms with van der Waals surface area (Å²) in [5.41, 5.74) is 0.629. The Kier molecular flexibility index (Phi) is 6.34. The summed E-state index contributed by atoms with van der Waals surface area (Å²) in [5.74, 6) is 4.19. The molecular weight excluding hydrogens is 374 g/mol. The zero-order valence-electron chi connectivity index (χ0n) is 18.6. The third-order valence-corrected chi connectivity index (χ3v) is 9.21. The second-order valence-corrected chi connectivity index (χ2v) is 10.4. The lowest BCUT2D eigenvalue weighted by Crippen LogP contribution is -2.48. The van der Waals surface area contributed by atoms with Gasteiger partial charge in [0.25, 0.3) is 0 Å². The summed E-state index contributed by atoms with van der Waals surface area (Å²) in [7, 11) is 0. The minimum atomic E-state index is 0.115. The van der Waals surface area contributed by atoms with Gasteiger partial charge in [-0.05, 0) is 86.4 Å². The summed E-state index contributed by atoms with van der Waals surface area (Å²) in [6.07, 6.45) is 13.8. The molecule has 1 aromatic rings. The average Bonchev–Trinajstić information content (AvgIpc) is 3.35. The van der Waals surface area contributed by atoms with E-state index in [1.807, 2.05) is 0 Å². The maximum Gasteiger partial charge on any atom is 0.157 e. The van der Waals surface area contributed by atoms with Gasteiger partial charge in [0.05, 0.1) is 18.3 Å². The maximum atomic E-state index is 13.3. The van der Waals surface area contributed by atoms with Crippen LogP contribution in [0.5, 0.6) is 0 Å². The van der Waals surface area contributed by atoms with Crippen LogP contribution in [0.4, 0.5) is 0 Å². The molecule has 7 atom stereocenters. The molecule has 4 rings (SSSR count). The molecule has 3 saturated carbocycles. The Morgan fingerprint density at radius 3 is 2.83 bits per heavy atom. The van der Waals surface area contributed by atoms with E-state index in [-0.39, 0.29) is 11.3 Å². The number of nitrogens with zero attached hydrogens (tertiary/aromatic N) is 3. The second-order valence-electron chi connectivity index (χ2n) is 10.4. The third-order valence-electron chi connectivity index (χ3n) is 9.21. The Balaban J connectivity index is 1.49. The number of hydrogen-bond acceptors (Lipinski definition) is 4. The first kappa shape index (κ1) is 21.6. The van der Waals surface area contributed by atoms with E-state index < -0.39 is 0 Å². The highest BCUT2D eigenvalue weighted by molar-refractivity contribution is 5.82. The van der Waals surface area contributed by atoms with Gasteiger partial charge in [0.2, 0.25) is 0 Å². The van der Waals surface area contributed by atoms with Crippen LogP contribution in [-0.4, -0.2) is 27.3 Å². The minimum Gasteiger partial charge on any atom is -0.396 e. The first-order valence-electron chi connectivity index (χ1n) is 12.1. The number of hydrogen-bond donors (Lipinski definition) is 1. The Bertz CT molecular complexity index is 797. The van der Waals surface area contributed by atoms with Crippen molar-refractivity contribution in [1.29, 1.82) is 5.26 Å². The van der Waals surface area contributed by atoms with Crippen molar-refractivity contribution >= 4 is 5.78 Å². The van der Waals surface area contributed by atoms with Crippen LogP contribution in [0.2, 0.25) is 0 Å². The van der Waals surface area contributed by atoms with Gasteiger partial charge in [-0.3, -0.25) is 9.48 Å². The summed E-state index contributed by atoms with van der Waals surface area (Å²) >= 11 is 0. The van der Waals surface area contributed by atoms with E-state index in [4.69, 9.17) is 5.26 Å². The number of Topliss-reactive ketones (excluding diaryl/α,β-unsaturated/α-hetero) is 1. The molecule has 0 aromatic carbocycles. The van der Waals surface area contributed by atoms with Crippen LogP contribution < -0.4 is 0 Å². The number of aromatic nitrogens is 2. The number of nitriles is 1. The largest absolute Gasteiger partial charge is 0.396 e. The van der Waals surface area contributed by atoms with E-state index in [9.17, 15) is 9.90 Å². The molecule has 0 amide bonds. The summed E-state index contributed by atoms with van der Waals surface area (Å²) in [4.78, 5) is 13.3. The molecule has 3 aliphatic rings. The van der Waals surface area contributed by atoms with Crippen LogP contribution in [0.25, 0.3) is 0 Å². The van der Waals surface area contributed by atoms with E-state index in [0.717, 1.165) is 42.9 Å². The highest BCUT2D eigenvalue weighted by Gasteiger charge is 2.57. The van der Waals surface area contributed by atoms with Crippen LogP contribution >= 0.6 is 0 Å². The highest BCUT2D eigenvalue weighted by atomic mass is 16.2. The lowest BCUT2D eigenvalue weighted by Gasteiger charge is -2.54. The van der Waals surface area contributed by atoms with Crippen LogP contribution in [0.1, 0.15) is 77.2 Å². The van der Waals surface area contributed by atoms with Crippen molar-refractivity contribution in [2.75, 3.05) is 6.61 Å². The number of carbonyl (C=O) groups excluding carboxylic acids is 1. The number of ketones is 1. The van der Waals surface area contributed by atoms with Gasteiger partial charge < -0.3 is 5.11 Å². The maximum absolute atomic E-state index is 13.3. The number of aliphatic hydroxyl groups is 1. The zero-order valence-corrected chi connectivity index (χ0v) is 18.6. The summed E-state index contributed by atoms with van der Waals surface area (Å²) < 4.78 is 1.64. The molecule has 1 N–H and O–H groups in total. The monoisotopic (exact) mass is 411 g/mol. The molecule has 0 radical (unpaired) electrons. The molecule has 0 saturated heterocycles. The Labute approximate surface area is 180 Å². The zero-order chi connectivity index (χ0) is 21.3. The van der Waals surface area contributed by atoms with Crippen molar-refractivity contribution in [3.63, 3.8) is 0 Å². The topological polar surface area (TPSA) is 78.9 Å². The number of aliphatic hydroxyl groups excluding tert-OH is 1. The number of rotatable bonds is 7. The SMILES string of the molecule is CCC1CCC2[C@H](CCC3(C)[C@@H](C(=O)Cn4cc(C#N)cn4)CC[C@@H]23)C1CCCO. The van der Waals surface area contributed by atoms with E-state index in [0.29, 0.717) is 30.4 Å². The molecule has 3 fully saturated rings. The van der Waals surface area contributed by atoms with Crippen molar-refractivity contribution in [1.82, 2.24) is 9.78 Å². The molecule has 0 spiro atoms. The van der Waals surface area contributed by atoms with Crippen molar-refractivity contribution in [3.8, 4) is 6.07 Å². The van der Waals surface area contributed by atoms with Gasteiger partial charge in [-0.15, -0.1) is 0 Å². The molecular formula is C25H37N3O2. The van der Waals surface area contributed by atoms with E-state index in [2.05, 4.69) is 25.0 Å². The normalized spacial score (nSPS) is 37.9. The van der Waals surface area contributed by atoms with Gasteiger partial charge in [-0.2, -0.15) is 10.4 Å². The Hall–Kier alpha value is -1.67. The van der Waals surface area contributed by atoms with Crippen LogP contribution in [0, 0.1) is 52.3 Å². The second kappa shape index (κ2) is 8.83. The average molecular weight is 412 g/mol. The molecule has 5 heteroatoms.